The number of aryl methyl sites for hydroxylation is 2. The molecule has 4 nitrogen and oxygen atoms in total. The number of hydrogen-bond acceptors (Lipinski definition) is 6. The predicted molar refractivity (Wildman–Crippen MR) is 52.1 cm³/mol. The summed E-state index contributed by atoms with van der Waals surface area (Å²) in [6.07, 6.45) is 0.648. The van der Waals surface area contributed by atoms with Gasteiger partial charge in [-0.05, 0) is 36.9 Å². The minimum absolute atomic E-state index is 0.648. The second kappa shape index (κ2) is 3.47. The van der Waals surface area contributed by atoms with Gasteiger partial charge in [0.25, 0.3) is 0 Å². The summed E-state index contributed by atoms with van der Waals surface area (Å²) in [5.74, 6) is 1.64. The van der Waals surface area contributed by atoms with Crippen LogP contribution in [0.5, 0.6) is 0 Å². The largest absolute Gasteiger partial charge is 0.224 e. The molecule has 0 saturated heterocycles. The fourth-order valence-electron chi connectivity index (χ4n) is 0.968. The highest BCUT2D eigenvalue weighted by Gasteiger charge is 2.05. The van der Waals surface area contributed by atoms with Gasteiger partial charge in [0.15, 0.2) is 0 Å². The van der Waals surface area contributed by atoms with Crippen LogP contribution in [-0.4, -0.2) is 18.7 Å². The lowest BCUT2D eigenvalue weighted by molar-refractivity contribution is 0.944. The third-order valence-electron chi connectivity index (χ3n) is 1.46. The van der Waals surface area contributed by atoms with Crippen LogP contribution in [0.4, 0.5) is 0 Å². The zero-order chi connectivity index (χ0) is 9.26. The Kier molecular flexibility index (Phi) is 2.32. The van der Waals surface area contributed by atoms with E-state index < -0.39 is 0 Å². The minimum Gasteiger partial charge on any atom is -0.224 e. The van der Waals surface area contributed by atoms with E-state index in [4.69, 9.17) is 0 Å². The zero-order valence-corrected chi connectivity index (χ0v) is 8.95. The normalized spacial score (nSPS) is 10.6. The van der Waals surface area contributed by atoms with Gasteiger partial charge in [-0.1, -0.05) is 0 Å². The van der Waals surface area contributed by atoms with Crippen molar-refractivity contribution in [3.05, 3.63) is 21.7 Å². The summed E-state index contributed by atoms with van der Waals surface area (Å²) < 4.78 is 8.35. The van der Waals surface area contributed by atoms with Crippen LogP contribution < -0.4 is 0 Å². The Morgan fingerprint density at radius 2 is 1.38 bits per heavy atom. The molecular weight excluding hydrogens is 204 g/mol. The van der Waals surface area contributed by atoms with Gasteiger partial charge in [0.05, 0.1) is 6.42 Å². The quantitative estimate of drug-likeness (QED) is 0.758. The van der Waals surface area contributed by atoms with Crippen LogP contribution in [0.15, 0.2) is 0 Å². The molecule has 0 aromatic carbocycles. The average molecular weight is 212 g/mol. The van der Waals surface area contributed by atoms with E-state index >= 15 is 0 Å². The van der Waals surface area contributed by atoms with Crippen LogP contribution in [-0.2, 0) is 6.42 Å². The van der Waals surface area contributed by atoms with Crippen molar-refractivity contribution in [2.75, 3.05) is 0 Å². The lowest BCUT2D eigenvalue weighted by Gasteiger charge is -1.86. The Morgan fingerprint density at radius 1 is 0.923 bits per heavy atom. The van der Waals surface area contributed by atoms with Gasteiger partial charge in [-0.3, -0.25) is 0 Å². The van der Waals surface area contributed by atoms with Crippen LogP contribution >= 0.6 is 23.1 Å². The van der Waals surface area contributed by atoms with E-state index in [1.54, 1.807) is 0 Å². The molecule has 2 aromatic heterocycles. The maximum absolute atomic E-state index is 4.25. The van der Waals surface area contributed by atoms with Gasteiger partial charge in [0.1, 0.15) is 21.7 Å². The highest BCUT2D eigenvalue weighted by atomic mass is 32.1. The Morgan fingerprint density at radius 3 is 1.69 bits per heavy atom. The van der Waals surface area contributed by atoms with Crippen LogP contribution in [0.3, 0.4) is 0 Å². The van der Waals surface area contributed by atoms with E-state index in [1.165, 1.54) is 23.1 Å². The molecule has 0 radical (unpaired) electrons. The van der Waals surface area contributed by atoms with Gasteiger partial charge < -0.3 is 0 Å². The van der Waals surface area contributed by atoms with Gasteiger partial charge in [0, 0.05) is 0 Å². The summed E-state index contributed by atoms with van der Waals surface area (Å²) in [4.78, 5) is 8.49. The van der Waals surface area contributed by atoms with Crippen molar-refractivity contribution in [2.24, 2.45) is 0 Å². The minimum atomic E-state index is 0.648. The lowest BCUT2D eigenvalue weighted by atomic mass is 10.4. The Balaban J connectivity index is 2.14. The fraction of sp³-hybridized carbons (Fsp3) is 0.429. The molecule has 68 valence electrons. The molecule has 2 aromatic rings. The van der Waals surface area contributed by atoms with Gasteiger partial charge in [0.2, 0.25) is 0 Å². The highest BCUT2D eigenvalue weighted by molar-refractivity contribution is 7.05. The van der Waals surface area contributed by atoms with Crippen molar-refractivity contribution in [1.82, 2.24) is 18.7 Å². The van der Waals surface area contributed by atoms with E-state index in [2.05, 4.69) is 18.7 Å². The van der Waals surface area contributed by atoms with Gasteiger partial charge in [-0.25, -0.2) is 9.97 Å². The summed E-state index contributed by atoms with van der Waals surface area (Å²) in [6.45, 7) is 3.89. The molecule has 6 heteroatoms. The zero-order valence-electron chi connectivity index (χ0n) is 7.31. The molecule has 0 unspecified atom stereocenters. The third kappa shape index (κ3) is 2.07. The summed E-state index contributed by atoms with van der Waals surface area (Å²) in [7, 11) is 0. The topological polar surface area (TPSA) is 51.6 Å². The lowest BCUT2D eigenvalue weighted by Crippen LogP contribution is -1.92. The highest BCUT2D eigenvalue weighted by Crippen LogP contribution is 2.08. The molecule has 0 N–H and O–H groups in total. The van der Waals surface area contributed by atoms with Gasteiger partial charge >= 0.3 is 0 Å². The van der Waals surface area contributed by atoms with Crippen LogP contribution in [0.1, 0.15) is 21.7 Å². The first-order chi connectivity index (χ1) is 6.24. The second-order valence-electron chi connectivity index (χ2n) is 2.64. The van der Waals surface area contributed by atoms with Crippen LogP contribution in [0, 0.1) is 13.8 Å². The average Bonchev–Trinajstić information content (AvgIpc) is 2.62. The molecule has 0 amide bonds. The van der Waals surface area contributed by atoms with E-state index in [0.717, 1.165) is 21.7 Å². The van der Waals surface area contributed by atoms with Gasteiger partial charge in [-0.15, -0.1) is 0 Å². The van der Waals surface area contributed by atoms with Crippen molar-refractivity contribution in [1.29, 1.82) is 0 Å². The summed E-state index contributed by atoms with van der Waals surface area (Å²) in [5.41, 5.74) is 0. The Labute approximate surface area is 84.0 Å². The summed E-state index contributed by atoms with van der Waals surface area (Å²) in [6, 6.07) is 0. The molecule has 0 bridgehead atoms. The second-order valence-corrected chi connectivity index (χ2v) is 4.55. The standard InChI is InChI=1S/C7H8N4S2/c1-4-8-6(10-12-4)3-7-9-5(2)13-11-7/h3H2,1-2H3. The SMILES string of the molecule is Cc1nc(Cc2nsc(C)n2)ns1. The third-order valence-corrected chi connectivity index (χ3v) is 2.77. The molecular formula is C7H8N4S2. The smallest absolute Gasteiger partial charge is 0.150 e. The van der Waals surface area contributed by atoms with Crippen molar-refractivity contribution in [3.8, 4) is 0 Å². The summed E-state index contributed by atoms with van der Waals surface area (Å²) >= 11 is 2.83. The van der Waals surface area contributed by atoms with E-state index in [0.29, 0.717) is 6.42 Å². The predicted octanol–water partition coefficient (Wildman–Crippen LogP) is 1.60. The first-order valence-electron chi connectivity index (χ1n) is 3.82. The number of hydrogen-bond donors (Lipinski definition) is 0. The summed E-state index contributed by atoms with van der Waals surface area (Å²) in [5, 5.41) is 1.98. The first-order valence-corrected chi connectivity index (χ1v) is 5.37. The van der Waals surface area contributed by atoms with Crippen molar-refractivity contribution < 1.29 is 0 Å². The maximum atomic E-state index is 4.25. The van der Waals surface area contributed by atoms with E-state index in [1.807, 2.05) is 13.8 Å². The Hall–Kier alpha value is -0.880. The Bertz CT molecular complexity index is 368. The monoisotopic (exact) mass is 212 g/mol. The number of nitrogens with zero attached hydrogens (tertiary/aromatic N) is 4. The molecule has 0 aliphatic heterocycles. The van der Waals surface area contributed by atoms with E-state index in [9.17, 15) is 0 Å². The molecule has 0 aliphatic carbocycles. The van der Waals surface area contributed by atoms with Crippen LogP contribution in [0.25, 0.3) is 0 Å². The molecule has 0 spiro atoms. The molecule has 0 fully saturated rings. The van der Waals surface area contributed by atoms with Crippen molar-refractivity contribution in [3.63, 3.8) is 0 Å². The van der Waals surface area contributed by atoms with Crippen molar-refractivity contribution in [2.45, 2.75) is 20.3 Å². The fourth-order valence-corrected chi connectivity index (χ4v) is 1.95. The van der Waals surface area contributed by atoms with E-state index in [-0.39, 0.29) is 0 Å². The maximum Gasteiger partial charge on any atom is 0.150 e. The van der Waals surface area contributed by atoms with Crippen molar-refractivity contribution >= 4 is 23.1 Å². The molecule has 0 atom stereocenters. The molecule has 13 heavy (non-hydrogen) atoms. The molecule has 0 saturated carbocycles. The molecule has 2 rings (SSSR count). The van der Waals surface area contributed by atoms with Crippen LogP contribution in [0.2, 0.25) is 0 Å². The number of aromatic nitrogens is 4. The molecule has 0 aliphatic rings. The van der Waals surface area contributed by atoms with Gasteiger partial charge in [-0.2, -0.15) is 8.75 Å². The molecule has 2 heterocycles. The number of rotatable bonds is 2. The first kappa shape index (κ1) is 8.71.